The van der Waals surface area contributed by atoms with Gasteiger partial charge in [0.25, 0.3) is 5.88 Å². The van der Waals surface area contributed by atoms with E-state index in [1.807, 2.05) is 86.6 Å². The van der Waals surface area contributed by atoms with Gasteiger partial charge in [0.05, 0.1) is 17.5 Å². The van der Waals surface area contributed by atoms with Gasteiger partial charge in [0, 0.05) is 48.3 Å². The number of benzene rings is 3. The van der Waals surface area contributed by atoms with Crippen LogP contribution in [0.1, 0.15) is 94.5 Å². The molecule has 54 heavy (non-hydrogen) atoms. The smallest absolute Gasteiger partial charge is 0.265 e. The van der Waals surface area contributed by atoms with Crippen LogP contribution in [0.25, 0.3) is 0 Å². The van der Waals surface area contributed by atoms with E-state index in [1.54, 1.807) is 0 Å². The molecule has 11 heteroatoms. The summed E-state index contributed by atoms with van der Waals surface area (Å²) in [5.74, 6) is -3.83. The zero-order valence-corrected chi connectivity index (χ0v) is 31.8. The molecule has 3 aliphatic carbocycles. The monoisotopic (exact) mass is 735 g/mol. The van der Waals surface area contributed by atoms with Crippen LogP contribution in [0.3, 0.4) is 0 Å². The van der Waals surface area contributed by atoms with Crippen LogP contribution in [0, 0.1) is 23.1 Å². The van der Waals surface area contributed by atoms with Gasteiger partial charge >= 0.3 is 0 Å². The Morgan fingerprint density at radius 3 is 2.11 bits per heavy atom. The molecule has 2 heterocycles. The second-order valence-corrected chi connectivity index (χ2v) is 16.7. The molecule has 5 unspecified atom stereocenters. The lowest BCUT2D eigenvalue weighted by Gasteiger charge is -2.56. The van der Waals surface area contributed by atoms with E-state index < -0.39 is 52.1 Å². The molecule has 1 aromatic heterocycles. The normalized spacial score (nSPS) is 26.2. The standard InChI is InChI=1S/C43H46FN3O7/c1-41(2,3)47-20-27-28(21-47)36(52-22-24-14-10-8-11-15-24)30-26(33(27)44)18-42(4)19-29-34(46(5)6)37-31(38(49)43(29,51-7)39(50)32(42)35(30)48)40(45-54-37)53-23-25-16-12-9-13-17-25/h8-17,29,32,34H,18-23H2,1-7H3. The maximum Gasteiger partial charge on any atom is 0.265 e. The van der Waals surface area contributed by atoms with Crippen molar-refractivity contribution in [1.82, 2.24) is 15.0 Å². The van der Waals surface area contributed by atoms with Crippen molar-refractivity contribution in [3.05, 3.63) is 111 Å². The summed E-state index contributed by atoms with van der Waals surface area (Å²) in [6, 6.07) is 18.4. The molecule has 0 spiro atoms. The number of ether oxygens (including phenoxy) is 3. The number of carbonyl (C=O) groups is 3. The molecule has 1 fully saturated rings. The fraction of sp³-hybridized carbons (Fsp3) is 0.442. The summed E-state index contributed by atoms with van der Waals surface area (Å²) in [5.41, 5.74) is -0.149. The van der Waals surface area contributed by atoms with Crippen molar-refractivity contribution in [2.45, 2.75) is 84.0 Å². The Kier molecular flexibility index (Phi) is 8.70. The summed E-state index contributed by atoms with van der Waals surface area (Å²) in [5, 5.41) is 4.18. The first-order chi connectivity index (χ1) is 25.7. The summed E-state index contributed by atoms with van der Waals surface area (Å²) in [4.78, 5) is 49.5. The number of Topliss-reactive ketones (excluding diaryl/α,β-unsaturated/α-hetero) is 3. The molecule has 5 atom stereocenters. The van der Waals surface area contributed by atoms with Crippen molar-refractivity contribution in [3.8, 4) is 11.6 Å². The van der Waals surface area contributed by atoms with Gasteiger partial charge in [0.15, 0.2) is 22.9 Å². The van der Waals surface area contributed by atoms with Gasteiger partial charge < -0.3 is 18.7 Å². The summed E-state index contributed by atoms with van der Waals surface area (Å²) >= 11 is 0. The Balaban J connectivity index is 1.25. The van der Waals surface area contributed by atoms with Crippen molar-refractivity contribution >= 4 is 17.3 Å². The van der Waals surface area contributed by atoms with Gasteiger partial charge in [-0.15, -0.1) is 0 Å². The van der Waals surface area contributed by atoms with Gasteiger partial charge in [-0.1, -0.05) is 67.6 Å². The topological polar surface area (TPSA) is 111 Å². The SMILES string of the molecule is COC12C(=O)c3c(OCc4ccccc4)noc3C(N(C)C)C1CC1(C)Cc3c(F)c4c(c(OCc5ccccc5)c3C(=O)C1C2=O)CN(C(C)(C)C)C4. The predicted molar refractivity (Wildman–Crippen MR) is 197 cm³/mol. The molecule has 1 aliphatic heterocycles. The summed E-state index contributed by atoms with van der Waals surface area (Å²) in [7, 11) is 5.00. The third-order valence-electron chi connectivity index (χ3n) is 12.2. The van der Waals surface area contributed by atoms with Crippen LogP contribution in [-0.4, -0.2) is 64.7 Å². The number of nitrogens with zero attached hydrogens (tertiary/aromatic N) is 3. The van der Waals surface area contributed by atoms with Crippen LogP contribution in [0.4, 0.5) is 4.39 Å². The second-order valence-electron chi connectivity index (χ2n) is 16.7. The van der Waals surface area contributed by atoms with E-state index in [-0.39, 0.29) is 59.9 Å². The third-order valence-corrected chi connectivity index (χ3v) is 12.2. The number of carbonyl (C=O) groups excluding carboxylic acids is 3. The van der Waals surface area contributed by atoms with E-state index in [2.05, 4.69) is 30.8 Å². The highest BCUT2D eigenvalue weighted by Gasteiger charge is 2.71. The van der Waals surface area contributed by atoms with Gasteiger partial charge in [-0.25, -0.2) is 4.39 Å². The average molecular weight is 736 g/mol. The Labute approximate surface area is 314 Å². The first-order valence-corrected chi connectivity index (χ1v) is 18.5. The van der Waals surface area contributed by atoms with E-state index in [4.69, 9.17) is 18.7 Å². The minimum Gasteiger partial charge on any atom is -0.488 e. The fourth-order valence-electron chi connectivity index (χ4n) is 9.49. The Morgan fingerprint density at radius 1 is 0.907 bits per heavy atom. The molecule has 0 N–H and O–H groups in total. The van der Waals surface area contributed by atoms with Crippen LogP contribution in [0.5, 0.6) is 11.6 Å². The van der Waals surface area contributed by atoms with E-state index >= 15 is 14.0 Å². The van der Waals surface area contributed by atoms with E-state index in [0.717, 1.165) is 11.1 Å². The zero-order valence-electron chi connectivity index (χ0n) is 31.8. The third kappa shape index (κ3) is 5.38. The Hall–Kier alpha value is -4.71. The van der Waals surface area contributed by atoms with E-state index in [1.165, 1.54) is 7.11 Å². The van der Waals surface area contributed by atoms with Crippen LogP contribution in [0.15, 0.2) is 65.2 Å². The molecule has 0 saturated heterocycles. The highest BCUT2D eigenvalue weighted by Crippen LogP contribution is 2.61. The molecule has 4 aromatic rings. The molecule has 0 bridgehead atoms. The van der Waals surface area contributed by atoms with Gasteiger partial charge in [0.1, 0.15) is 30.3 Å². The number of aromatic nitrogens is 1. The van der Waals surface area contributed by atoms with Crippen LogP contribution in [-0.2, 0) is 42.3 Å². The van der Waals surface area contributed by atoms with Crippen molar-refractivity contribution in [1.29, 1.82) is 0 Å². The lowest BCUT2D eigenvalue weighted by molar-refractivity contribution is -0.165. The second kappa shape index (κ2) is 13.0. The highest BCUT2D eigenvalue weighted by molar-refractivity contribution is 6.27. The van der Waals surface area contributed by atoms with Crippen molar-refractivity contribution in [2.75, 3.05) is 21.2 Å². The fourth-order valence-corrected chi connectivity index (χ4v) is 9.49. The van der Waals surface area contributed by atoms with Gasteiger partial charge in [0.2, 0.25) is 5.78 Å². The number of hydrogen-bond acceptors (Lipinski definition) is 10. The number of halogens is 1. The summed E-state index contributed by atoms with van der Waals surface area (Å²) in [6.45, 7) is 9.08. The molecule has 10 nitrogen and oxygen atoms in total. The van der Waals surface area contributed by atoms with Gasteiger partial charge in [-0.2, -0.15) is 0 Å². The number of ketones is 3. The first kappa shape index (κ1) is 36.3. The highest BCUT2D eigenvalue weighted by atomic mass is 19.1. The minimum atomic E-state index is -2.06. The van der Waals surface area contributed by atoms with E-state index in [9.17, 15) is 4.79 Å². The van der Waals surface area contributed by atoms with Crippen molar-refractivity contribution in [3.63, 3.8) is 0 Å². The number of methoxy groups -OCH3 is 1. The quantitative estimate of drug-likeness (QED) is 0.177. The Morgan fingerprint density at radius 2 is 1.52 bits per heavy atom. The molecule has 0 radical (unpaired) electrons. The average Bonchev–Trinajstić information content (AvgIpc) is 3.78. The first-order valence-electron chi connectivity index (χ1n) is 18.5. The predicted octanol–water partition coefficient (Wildman–Crippen LogP) is 6.92. The lowest BCUT2D eigenvalue weighted by atomic mass is 9.48. The molecular formula is C43H46FN3O7. The van der Waals surface area contributed by atoms with Crippen LogP contribution < -0.4 is 9.47 Å². The molecule has 8 rings (SSSR count). The molecule has 3 aromatic carbocycles. The Bertz CT molecular complexity index is 2160. The van der Waals surface area contributed by atoms with Crippen molar-refractivity contribution < 1.29 is 37.5 Å². The number of hydrogen-bond donors (Lipinski definition) is 0. The van der Waals surface area contributed by atoms with Gasteiger partial charge in [-0.3, -0.25) is 24.2 Å². The number of rotatable bonds is 8. The van der Waals surface area contributed by atoms with Crippen LogP contribution >= 0.6 is 0 Å². The number of fused-ring (bicyclic) bond motifs is 5. The largest absolute Gasteiger partial charge is 0.488 e. The summed E-state index contributed by atoms with van der Waals surface area (Å²) < 4.78 is 41.7. The molecule has 4 aliphatic rings. The lowest BCUT2D eigenvalue weighted by Crippen LogP contribution is -2.69. The zero-order chi connectivity index (χ0) is 38.3. The maximum absolute atomic E-state index is 17.1. The molecule has 1 saturated carbocycles. The van der Waals surface area contributed by atoms with Gasteiger partial charge in [-0.05, 0) is 69.4 Å². The molecular weight excluding hydrogens is 689 g/mol. The molecule has 0 amide bonds. The molecule has 282 valence electrons. The van der Waals surface area contributed by atoms with Crippen molar-refractivity contribution in [2.24, 2.45) is 17.3 Å². The maximum atomic E-state index is 17.1. The van der Waals surface area contributed by atoms with E-state index in [0.29, 0.717) is 30.0 Å². The summed E-state index contributed by atoms with van der Waals surface area (Å²) in [6.07, 6.45) is 0.294. The van der Waals surface area contributed by atoms with Crippen LogP contribution in [0.2, 0.25) is 0 Å². The minimum absolute atomic E-state index is 0.0290.